The van der Waals surface area contributed by atoms with Gasteiger partial charge in [0.15, 0.2) is 0 Å². The van der Waals surface area contributed by atoms with Crippen LogP contribution in [0.5, 0.6) is 0 Å². The summed E-state index contributed by atoms with van der Waals surface area (Å²) in [5, 5.41) is 15.1. The lowest BCUT2D eigenvalue weighted by molar-refractivity contribution is -0.385. The summed E-state index contributed by atoms with van der Waals surface area (Å²) in [4.78, 5) is 29.8. The van der Waals surface area contributed by atoms with Crippen molar-refractivity contribution in [1.82, 2.24) is 9.38 Å². The van der Waals surface area contributed by atoms with Gasteiger partial charge in [-0.05, 0) is 49.6 Å². The van der Waals surface area contributed by atoms with Crippen molar-refractivity contribution in [3.63, 3.8) is 0 Å². The molecule has 28 heavy (non-hydrogen) atoms. The topological polar surface area (TPSA) is 92.8 Å². The van der Waals surface area contributed by atoms with E-state index in [2.05, 4.69) is 29.4 Å². The zero-order valence-corrected chi connectivity index (χ0v) is 15.5. The number of fused-ring (bicyclic) bond motifs is 1. The minimum absolute atomic E-state index is 0.162. The third-order valence-corrected chi connectivity index (χ3v) is 5.06. The van der Waals surface area contributed by atoms with E-state index in [1.807, 2.05) is 17.0 Å². The molecule has 0 unspecified atom stereocenters. The zero-order chi connectivity index (χ0) is 19.7. The predicted molar refractivity (Wildman–Crippen MR) is 108 cm³/mol. The van der Waals surface area contributed by atoms with Gasteiger partial charge in [-0.2, -0.15) is 0 Å². The number of benzene rings is 1. The Morgan fingerprint density at radius 2 is 1.96 bits per heavy atom. The molecule has 0 bridgehead atoms. The van der Waals surface area contributed by atoms with E-state index in [9.17, 15) is 14.9 Å². The van der Waals surface area contributed by atoms with E-state index in [-0.39, 0.29) is 11.9 Å². The second-order valence-corrected chi connectivity index (χ2v) is 7.05. The van der Waals surface area contributed by atoms with Crippen LogP contribution in [-0.2, 0) is 0 Å². The number of hydrogen-bond acceptors (Lipinski definition) is 6. The highest BCUT2D eigenvalue weighted by Crippen LogP contribution is 2.27. The molecule has 8 heteroatoms. The van der Waals surface area contributed by atoms with Gasteiger partial charge in [0.25, 0.3) is 0 Å². The highest BCUT2D eigenvalue weighted by molar-refractivity contribution is 5.61. The van der Waals surface area contributed by atoms with Crippen LogP contribution in [0.15, 0.2) is 53.5 Å². The first-order valence-corrected chi connectivity index (χ1v) is 9.27. The van der Waals surface area contributed by atoms with E-state index < -0.39 is 16.2 Å². The van der Waals surface area contributed by atoms with Gasteiger partial charge in [0.2, 0.25) is 5.82 Å². The fourth-order valence-electron chi connectivity index (χ4n) is 3.65. The minimum Gasteiger partial charge on any atom is -0.382 e. The van der Waals surface area contributed by atoms with Gasteiger partial charge in [-0.3, -0.25) is 19.3 Å². The molecule has 0 atom stereocenters. The Hall–Kier alpha value is -3.42. The first-order chi connectivity index (χ1) is 13.5. The minimum atomic E-state index is -0.648. The molecule has 2 aromatic heterocycles. The third-order valence-electron chi connectivity index (χ3n) is 5.06. The van der Waals surface area contributed by atoms with Crippen LogP contribution in [0.25, 0.3) is 5.65 Å². The molecule has 1 N–H and O–H groups in total. The van der Waals surface area contributed by atoms with Crippen molar-refractivity contribution in [2.75, 3.05) is 23.3 Å². The maximum atomic E-state index is 12.6. The summed E-state index contributed by atoms with van der Waals surface area (Å²) in [6.07, 6.45) is 3.11. The van der Waals surface area contributed by atoms with Crippen molar-refractivity contribution >= 4 is 22.8 Å². The van der Waals surface area contributed by atoms with Gasteiger partial charge in [0.1, 0.15) is 5.65 Å². The van der Waals surface area contributed by atoms with Gasteiger partial charge in [0, 0.05) is 31.0 Å². The Morgan fingerprint density at radius 3 is 2.68 bits per heavy atom. The molecule has 3 aromatic rings. The fraction of sp³-hybridized carbons (Fsp3) is 0.300. The molecule has 0 saturated carbocycles. The smallest absolute Gasteiger partial charge is 0.376 e. The normalized spacial score (nSPS) is 15.0. The second-order valence-electron chi connectivity index (χ2n) is 7.05. The predicted octanol–water partition coefficient (Wildman–Crippen LogP) is 2.99. The number of piperidine rings is 1. The standard InChI is InChI=1S/C20H21N5O3/c1-14-5-4-6-16(13-14)21-15-8-11-23(12-9-15)19-18(25(27)28)20(26)24-10-3-2-7-17(24)22-19/h2-7,10,13,15,21H,8-9,11-12H2,1H3. The number of hydrogen-bond donors (Lipinski definition) is 1. The molecule has 4 rings (SSSR count). The number of aryl methyl sites for hydroxylation is 1. The van der Waals surface area contributed by atoms with Crippen LogP contribution in [0.4, 0.5) is 17.2 Å². The second kappa shape index (κ2) is 7.30. The lowest BCUT2D eigenvalue weighted by Gasteiger charge is -2.33. The monoisotopic (exact) mass is 379 g/mol. The number of nitro groups is 1. The molecular weight excluding hydrogens is 358 g/mol. The van der Waals surface area contributed by atoms with Crippen LogP contribution < -0.4 is 15.8 Å². The van der Waals surface area contributed by atoms with Crippen LogP contribution in [-0.4, -0.2) is 33.4 Å². The Balaban J connectivity index is 1.57. The molecule has 1 aliphatic heterocycles. The van der Waals surface area contributed by atoms with Crippen LogP contribution in [0.1, 0.15) is 18.4 Å². The molecule has 1 aromatic carbocycles. The first kappa shape index (κ1) is 18.0. The molecular formula is C20H21N5O3. The Morgan fingerprint density at radius 1 is 1.18 bits per heavy atom. The van der Waals surface area contributed by atoms with Crippen molar-refractivity contribution in [2.24, 2.45) is 0 Å². The molecule has 1 aliphatic rings. The van der Waals surface area contributed by atoms with Crippen LogP contribution in [0.3, 0.4) is 0 Å². The van der Waals surface area contributed by atoms with Gasteiger partial charge in [-0.1, -0.05) is 18.2 Å². The number of aromatic nitrogens is 2. The lowest BCUT2D eigenvalue weighted by atomic mass is 10.0. The van der Waals surface area contributed by atoms with Gasteiger partial charge in [0.05, 0.1) is 4.92 Å². The van der Waals surface area contributed by atoms with Crippen LogP contribution in [0, 0.1) is 17.0 Å². The van der Waals surface area contributed by atoms with Crippen molar-refractivity contribution < 1.29 is 4.92 Å². The summed E-state index contributed by atoms with van der Waals surface area (Å²) in [7, 11) is 0. The summed E-state index contributed by atoms with van der Waals surface area (Å²) in [6.45, 7) is 3.25. The van der Waals surface area contributed by atoms with E-state index in [4.69, 9.17) is 0 Å². The van der Waals surface area contributed by atoms with E-state index in [1.165, 1.54) is 16.2 Å². The molecule has 3 heterocycles. The number of nitrogens with zero attached hydrogens (tertiary/aromatic N) is 4. The molecule has 1 fully saturated rings. The summed E-state index contributed by atoms with van der Waals surface area (Å²) in [6, 6.07) is 13.6. The first-order valence-electron chi connectivity index (χ1n) is 9.27. The van der Waals surface area contributed by atoms with E-state index in [0.717, 1.165) is 18.5 Å². The SMILES string of the molecule is Cc1cccc(NC2CCN(c3nc4ccccn4c(=O)c3[N+](=O)[O-])CC2)c1. The maximum absolute atomic E-state index is 12.6. The summed E-state index contributed by atoms with van der Waals surface area (Å²) >= 11 is 0. The van der Waals surface area contributed by atoms with Gasteiger partial charge < -0.3 is 10.2 Å². The Kier molecular flexibility index (Phi) is 4.68. The highest BCUT2D eigenvalue weighted by Gasteiger charge is 2.30. The van der Waals surface area contributed by atoms with E-state index in [0.29, 0.717) is 18.7 Å². The molecule has 0 spiro atoms. The lowest BCUT2D eigenvalue weighted by Crippen LogP contribution is -2.40. The summed E-state index contributed by atoms with van der Waals surface area (Å²) in [5.74, 6) is 0.162. The van der Waals surface area contributed by atoms with E-state index >= 15 is 0 Å². The quantitative estimate of drug-likeness (QED) is 0.553. The van der Waals surface area contributed by atoms with Gasteiger partial charge in [-0.15, -0.1) is 0 Å². The highest BCUT2D eigenvalue weighted by atomic mass is 16.6. The molecule has 0 aliphatic carbocycles. The average molecular weight is 379 g/mol. The molecule has 8 nitrogen and oxygen atoms in total. The number of anilines is 2. The molecule has 144 valence electrons. The zero-order valence-electron chi connectivity index (χ0n) is 15.5. The van der Waals surface area contributed by atoms with Crippen LogP contribution in [0.2, 0.25) is 0 Å². The third kappa shape index (κ3) is 3.40. The Bertz CT molecular complexity index is 1090. The van der Waals surface area contributed by atoms with Crippen molar-refractivity contribution in [3.05, 3.63) is 74.7 Å². The Labute approximate surface area is 161 Å². The fourth-order valence-corrected chi connectivity index (χ4v) is 3.65. The number of nitrogens with one attached hydrogen (secondary N) is 1. The van der Waals surface area contributed by atoms with Crippen molar-refractivity contribution in [1.29, 1.82) is 0 Å². The molecule has 0 amide bonds. The summed E-state index contributed by atoms with van der Waals surface area (Å²) in [5.41, 5.74) is 1.57. The van der Waals surface area contributed by atoms with E-state index in [1.54, 1.807) is 18.2 Å². The summed E-state index contributed by atoms with van der Waals surface area (Å²) < 4.78 is 1.22. The van der Waals surface area contributed by atoms with Crippen molar-refractivity contribution in [3.8, 4) is 0 Å². The van der Waals surface area contributed by atoms with Crippen molar-refractivity contribution in [2.45, 2.75) is 25.8 Å². The number of rotatable bonds is 4. The van der Waals surface area contributed by atoms with Crippen LogP contribution >= 0.6 is 0 Å². The number of pyridine rings is 1. The average Bonchev–Trinajstić information content (AvgIpc) is 2.68. The largest absolute Gasteiger partial charge is 0.382 e. The maximum Gasteiger partial charge on any atom is 0.376 e. The molecule has 1 saturated heterocycles. The van der Waals surface area contributed by atoms with Gasteiger partial charge >= 0.3 is 11.2 Å². The van der Waals surface area contributed by atoms with Gasteiger partial charge in [-0.25, -0.2) is 4.98 Å². The molecule has 0 radical (unpaired) electrons.